The molecule has 0 aliphatic carbocycles. The second kappa shape index (κ2) is 11.5. The first kappa shape index (κ1) is 22.7. The molecule has 1 amide bonds. The van der Waals surface area contributed by atoms with E-state index in [1.165, 1.54) is 18.2 Å². The lowest BCUT2D eigenvalue weighted by Crippen LogP contribution is -2.08. The second-order valence-corrected chi connectivity index (χ2v) is 6.52. The Balaban J connectivity index is 1.61. The third-order valence-electron chi connectivity index (χ3n) is 4.14. The predicted molar refractivity (Wildman–Crippen MR) is 117 cm³/mol. The number of halogens is 2. The van der Waals surface area contributed by atoms with E-state index < -0.39 is 6.61 Å². The van der Waals surface area contributed by atoms with E-state index in [0.717, 1.165) is 5.56 Å². The quantitative estimate of drug-likeness (QED) is 0.433. The molecule has 0 radical (unpaired) electrons. The van der Waals surface area contributed by atoms with Crippen molar-refractivity contribution in [3.63, 3.8) is 0 Å². The van der Waals surface area contributed by atoms with Gasteiger partial charge in [-0.3, -0.25) is 9.78 Å². The lowest BCUT2D eigenvalue weighted by molar-refractivity contribution is -0.111. The summed E-state index contributed by atoms with van der Waals surface area (Å²) in [5.41, 5.74) is 2.10. The van der Waals surface area contributed by atoms with E-state index in [4.69, 9.17) is 9.47 Å². The van der Waals surface area contributed by atoms with Gasteiger partial charge in [-0.15, -0.1) is 0 Å². The van der Waals surface area contributed by atoms with Crippen molar-refractivity contribution in [1.29, 1.82) is 0 Å². The Bertz CT molecular complexity index is 1060. The summed E-state index contributed by atoms with van der Waals surface area (Å²) in [6, 6.07) is 15.2. The van der Waals surface area contributed by atoms with E-state index in [-0.39, 0.29) is 24.0 Å². The molecule has 0 saturated heterocycles. The molecule has 3 aromatic rings. The Hall–Kier alpha value is -3.94. The van der Waals surface area contributed by atoms with Gasteiger partial charge in [-0.1, -0.05) is 18.2 Å². The van der Waals surface area contributed by atoms with Crippen LogP contribution in [-0.4, -0.2) is 24.1 Å². The van der Waals surface area contributed by atoms with Gasteiger partial charge in [0.15, 0.2) is 11.5 Å². The zero-order valence-electron chi connectivity index (χ0n) is 17.3. The molecule has 0 aliphatic rings. The summed E-state index contributed by atoms with van der Waals surface area (Å²) in [7, 11) is 0. The molecule has 0 aliphatic heterocycles. The maximum Gasteiger partial charge on any atom is 0.387 e. The fraction of sp³-hybridized carbons (Fsp3) is 0.167. The van der Waals surface area contributed by atoms with Crippen molar-refractivity contribution in [2.24, 2.45) is 0 Å². The highest BCUT2D eigenvalue weighted by Crippen LogP contribution is 2.30. The van der Waals surface area contributed by atoms with Gasteiger partial charge in [0.2, 0.25) is 5.91 Å². The molecule has 0 saturated carbocycles. The van der Waals surface area contributed by atoms with Gasteiger partial charge in [-0.05, 0) is 48.9 Å². The molecule has 0 bridgehead atoms. The summed E-state index contributed by atoms with van der Waals surface area (Å²) >= 11 is 0. The van der Waals surface area contributed by atoms with Gasteiger partial charge in [0, 0.05) is 35.8 Å². The van der Waals surface area contributed by atoms with Crippen LogP contribution in [0.5, 0.6) is 17.2 Å². The van der Waals surface area contributed by atoms with E-state index in [1.807, 2.05) is 12.1 Å². The Kier molecular flexibility index (Phi) is 8.14. The molecule has 3 rings (SSSR count). The number of carbonyl (C=O) groups excluding carboxylic acids is 1. The van der Waals surface area contributed by atoms with E-state index in [0.29, 0.717) is 23.6 Å². The number of benzene rings is 2. The minimum atomic E-state index is -2.95. The number of alkyl halides is 2. The highest BCUT2D eigenvalue weighted by atomic mass is 19.3. The van der Waals surface area contributed by atoms with Gasteiger partial charge in [0.25, 0.3) is 0 Å². The number of aromatic nitrogens is 1. The molecular weight excluding hydrogens is 418 g/mol. The van der Waals surface area contributed by atoms with Crippen LogP contribution in [0.3, 0.4) is 0 Å². The van der Waals surface area contributed by atoms with Crippen molar-refractivity contribution in [1.82, 2.24) is 4.98 Å². The van der Waals surface area contributed by atoms with Crippen LogP contribution in [0.15, 0.2) is 73.1 Å². The minimum Gasteiger partial charge on any atom is -0.490 e. The number of carbonyl (C=O) groups is 1. The van der Waals surface area contributed by atoms with Crippen molar-refractivity contribution >= 4 is 17.7 Å². The summed E-state index contributed by atoms with van der Waals surface area (Å²) in [5.74, 6) is 0.354. The monoisotopic (exact) mass is 440 g/mol. The van der Waals surface area contributed by atoms with Crippen LogP contribution < -0.4 is 19.5 Å². The zero-order valence-corrected chi connectivity index (χ0v) is 17.3. The SMILES string of the molecule is CCOc1cc(C=CC(=O)Nc2cccc(OCc3cccnc3)c2)ccc1OC(F)F. The third kappa shape index (κ3) is 7.09. The summed E-state index contributed by atoms with van der Waals surface area (Å²) in [6.07, 6.45) is 6.30. The lowest BCUT2D eigenvalue weighted by atomic mass is 10.2. The summed E-state index contributed by atoms with van der Waals surface area (Å²) in [4.78, 5) is 16.3. The van der Waals surface area contributed by atoms with Crippen LogP contribution in [0.1, 0.15) is 18.1 Å². The molecular formula is C24H22F2N2O4. The predicted octanol–water partition coefficient (Wildman–Crippen LogP) is 5.31. The van der Waals surface area contributed by atoms with E-state index in [2.05, 4.69) is 15.0 Å². The van der Waals surface area contributed by atoms with Crippen molar-refractivity contribution < 1.29 is 27.8 Å². The molecule has 166 valence electrons. The first-order chi connectivity index (χ1) is 15.5. The Morgan fingerprint density at radius 2 is 1.97 bits per heavy atom. The standard InChI is InChI=1S/C24H22F2N2O4/c1-2-30-22-13-17(8-10-21(22)32-24(25)26)9-11-23(29)28-19-6-3-7-20(14-19)31-16-18-5-4-12-27-15-18/h3-15,24H,2,16H2,1H3,(H,28,29). The van der Waals surface area contributed by atoms with Crippen molar-refractivity contribution in [2.45, 2.75) is 20.1 Å². The first-order valence-corrected chi connectivity index (χ1v) is 9.86. The van der Waals surface area contributed by atoms with E-state index >= 15 is 0 Å². The molecule has 6 nitrogen and oxygen atoms in total. The second-order valence-electron chi connectivity index (χ2n) is 6.52. The van der Waals surface area contributed by atoms with Gasteiger partial charge >= 0.3 is 6.61 Å². The number of rotatable bonds is 10. The average Bonchev–Trinajstić information content (AvgIpc) is 2.79. The van der Waals surface area contributed by atoms with E-state index in [9.17, 15) is 13.6 Å². The van der Waals surface area contributed by atoms with Crippen LogP contribution in [0, 0.1) is 0 Å². The number of ether oxygens (including phenoxy) is 3. The summed E-state index contributed by atoms with van der Waals surface area (Å²) in [5, 5.41) is 2.75. The molecule has 1 N–H and O–H groups in total. The number of anilines is 1. The van der Waals surface area contributed by atoms with Gasteiger partial charge in [0.05, 0.1) is 6.61 Å². The van der Waals surface area contributed by atoms with Crippen molar-refractivity contribution in [3.05, 3.63) is 84.2 Å². The summed E-state index contributed by atoms with van der Waals surface area (Å²) < 4.78 is 40.5. The maximum atomic E-state index is 12.5. The fourth-order valence-electron chi connectivity index (χ4n) is 2.76. The van der Waals surface area contributed by atoms with Crippen LogP contribution in [0.4, 0.5) is 14.5 Å². The Morgan fingerprint density at radius 3 is 2.72 bits per heavy atom. The van der Waals surface area contributed by atoms with Crippen LogP contribution >= 0.6 is 0 Å². The molecule has 0 unspecified atom stereocenters. The maximum absolute atomic E-state index is 12.5. The molecule has 8 heteroatoms. The smallest absolute Gasteiger partial charge is 0.387 e. The topological polar surface area (TPSA) is 69.7 Å². The van der Waals surface area contributed by atoms with Crippen LogP contribution in [-0.2, 0) is 11.4 Å². The highest BCUT2D eigenvalue weighted by molar-refractivity contribution is 6.02. The third-order valence-corrected chi connectivity index (χ3v) is 4.14. The van der Waals surface area contributed by atoms with Crippen molar-refractivity contribution in [3.8, 4) is 17.2 Å². The molecule has 1 heterocycles. The number of hydrogen-bond acceptors (Lipinski definition) is 5. The lowest BCUT2D eigenvalue weighted by Gasteiger charge is -2.11. The van der Waals surface area contributed by atoms with E-state index in [1.54, 1.807) is 55.7 Å². The first-order valence-electron chi connectivity index (χ1n) is 9.86. The molecule has 0 atom stereocenters. The number of amides is 1. The molecule has 1 aromatic heterocycles. The Labute approximate surface area is 184 Å². The molecule has 32 heavy (non-hydrogen) atoms. The summed E-state index contributed by atoms with van der Waals surface area (Å²) in [6.45, 7) is -0.577. The number of nitrogens with zero attached hydrogens (tertiary/aromatic N) is 1. The number of nitrogens with one attached hydrogen (secondary N) is 1. The molecule has 0 spiro atoms. The average molecular weight is 440 g/mol. The van der Waals surface area contributed by atoms with Crippen LogP contribution in [0.25, 0.3) is 6.08 Å². The molecule has 2 aromatic carbocycles. The zero-order chi connectivity index (χ0) is 22.8. The molecule has 0 fully saturated rings. The number of pyridine rings is 1. The fourth-order valence-corrected chi connectivity index (χ4v) is 2.76. The van der Waals surface area contributed by atoms with Crippen LogP contribution in [0.2, 0.25) is 0 Å². The van der Waals surface area contributed by atoms with Crippen molar-refractivity contribution in [2.75, 3.05) is 11.9 Å². The van der Waals surface area contributed by atoms with Gasteiger partial charge in [0.1, 0.15) is 12.4 Å². The Morgan fingerprint density at radius 1 is 1.09 bits per heavy atom. The normalized spacial score (nSPS) is 10.9. The van der Waals surface area contributed by atoms with Gasteiger partial charge in [-0.25, -0.2) is 0 Å². The van der Waals surface area contributed by atoms with Gasteiger partial charge in [-0.2, -0.15) is 8.78 Å². The number of hydrogen-bond donors (Lipinski definition) is 1. The largest absolute Gasteiger partial charge is 0.490 e. The minimum absolute atomic E-state index is 0.0634. The van der Waals surface area contributed by atoms with Gasteiger partial charge < -0.3 is 19.5 Å². The highest BCUT2D eigenvalue weighted by Gasteiger charge is 2.11.